The van der Waals surface area contributed by atoms with Crippen LogP contribution in [-0.2, 0) is 30.5 Å². The summed E-state index contributed by atoms with van der Waals surface area (Å²) in [5, 5.41) is 26.0. The molecule has 9 heteroatoms. The van der Waals surface area contributed by atoms with Crippen molar-refractivity contribution in [3.8, 4) is 0 Å². The number of carbonyl (C=O) groups is 4. The van der Waals surface area contributed by atoms with Crippen molar-refractivity contribution in [2.45, 2.75) is 89.9 Å². The van der Waals surface area contributed by atoms with Crippen molar-refractivity contribution in [1.82, 2.24) is 10.3 Å². The van der Waals surface area contributed by atoms with Crippen molar-refractivity contribution in [3.05, 3.63) is 41.7 Å². The average Bonchev–Trinajstić information content (AvgIpc) is 3.20. The van der Waals surface area contributed by atoms with Crippen LogP contribution >= 0.6 is 0 Å². The molecule has 0 radical (unpaired) electrons. The van der Waals surface area contributed by atoms with Gasteiger partial charge in [-0.3, -0.25) is 24.2 Å². The summed E-state index contributed by atoms with van der Waals surface area (Å²) >= 11 is 0. The second-order valence-corrected chi connectivity index (χ2v) is 12.7. The van der Waals surface area contributed by atoms with Crippen LogP contribution in [0.5, 0.6) is 0 Å². The van der Waals surface area contributed by atoms with Crippen molar-refractivity contribution < 1.29 is 34.1 Å². The summed E-state index contributed by atoms with van der Waals surface area (Å²) in [5.74, 6) is -1.22. The van der Waals surface area contributed by atoms with E-state index in [9.17, 15) is 29.4 Å². The minimum absolute atomic E-state index is 0.0155. The summed E-state index contributed by atoms with van der Waals surface area (Å²) < 4.78 is 5.21. The van der Waals surface area contributed by atoms with Gasteiger partial charge in [0.1, 0.15) is 5.60 Å². The number of ketones is 2. The first-order valence-corrected chi connectivity index (χ1v) is 14.5. The van der Waals surface area contributed by atoms with E-state index in [1.807, 2.05) is 13.0 Å². The van der Waals surface area contributed by atoms with Crippen LogP contribution in [0.3, 0.4) is 0 Å². The fraction of sp³-hybridized carbons (Fsp3) is 0.645. The van der Waals surface area contributed by atoms with Crippen molar-refractivity contribution in [3.63, 3.8) is 0 Å². The van der Waals surface area contributed by atoms with Crippen molar-refractivity contribution in [2.24, 2.45) is 28.6 Å². The van der Waals surface area contributed by atoms with Gasteiger partial charge in [0.25, 0.3) is 0 Å². The molecule has 3 saturated carbocycles. The third-order valence-corrected chi connectivity index (χ3v) is 10.6. The minimum Gasteiger partial charge on any atom is -0.458 e. The predicted octanol–water partition coefficient (Wildman–Crippen LogP) is 2.82. The lowest BCUT2D eigenvalue weighted by Crippen LogP contribution is -2.62. The zero-order valence-corrected chi connectivity index (χ0v) is 23.4. The summed E-state index contributed by atoms with van der Waals surface area (Å²) in [6.45, 7) is 3.80. The number of Topliss-reactive ketones (excluding diaryl/α,β-unsaturated/α-hetero) is 1. The van der Waals surface area contributed by atoms with Crippen LogP contribution in [0.25, 0.3) is 0 Å². The van der Waals surface area contributed by atoms with Crippen LogP contribution < -0.4 is 5.32 Å². The molecule has 0 bridgehead atoms. The Morgan fingerprint density at radius 1 is 1.15 bits per heavy atom. The number of amides is 1. The lowest BCUT2D eigenvalue weighted by molar-refractivity contribution is -0.184. The number of nitrogens with one attached hydrogen (secondary N) is 1. The zero-order chi connectivity index (χ0) is 28.7. The van der Waals surface area contributed by atoms with E-state index in [1.54, 1.807) is 24.5 Å². The highest BCUT2D eigenvalue weighted by atomic mass is 16.5. The number of ether oxygens (including phenoxy) is 1. The van der Waals surface area contributed by atoms with Gasteiger partial charge in [0.2, 0.25) is 11.7 Å². The van der Waals surface area contributed by atoms with Gasteiger partial charge >= 0.3 is 5.97 Å². The Bertz CT molecular complexity index is 1220. The maximum Gasteiger partial charge on any atom is 0.306 e. The predicted molar refractivity (Wildman–Crippen MR) is 144 cm³/mol. The molecule has 1 amide bonds. The van der Waals surface area contributed by atoms with E-state index in [0.29, 0.717) is 19.4 Å². The molecule has 0 unspecified atom stereocenters. The highest BCUT2D eigenvalue weighted by Crippen LogP contribution is 2.67. The molecule has 0 spiro atoms. The molecule has 4 aliphatic carbocycles. The topological polar surface area (TPSA) is 143 Å². The maximum absolute atomic E-state index is 13.4. The van der Waals surface area contributed by atoms with Gasteiger partial charge in [-0.2, -0.15) is 0 Å². The van der Waals surface area contributed by atoms with E-state index >= 15 is 0 Å². The van der Waals surface area contributed by atoms with E-state index in [0.717, 1.165) is 30.4 Å². The molecule has 1 aromatic rings. The number of aromatic nitrogens is 1. The Morgan fingerprint density at radius 2 is 1.95 bits per heavy atom. The lowest BCUT2D eigenvalue weighted by Gasteiger charge is -2.60. The molecule has 1 heterocycles. The fourth-order valence-electron chi connectivity index (χ4n) is 8.50. The molecule has 0 aromatic carbocycles. The number of hydrogen-bond donors (Lipinski definition) is 3. The van der Waals surface area contributed by atoms with Crippen molar-refractivity contribution >= 4 is 23.4 Å². The van der Waals surface area contributed by atoms with E-state index in [1.165, 1.54) is 0 Å². The van der Waals surface area contributed by atoms with E-state index in [-0.39, 0.29) is 60.5 Å². The first-order chi connectivity index (χ1) is 19.0. The average molecular weight is 553 g/mol. The molecule has 3 N–H and O–H groups in total. The van der Waals surface area contributed by atoms with Crippen LogP contribution in [0.2, 0.25) is 0 Å². The standard InChI is InChI=1S/C31H40N2O7/c1-29-11-9-21(34)14-20(29)5-6-22-23-10-12-31(39,30(23,2)15-24(35)28(22)29)25(36)18-40-27(38)8-7-26(37)33-17-19-4-3-13-32-16-19/h3-4,13-14,16,22-24,28,35,39H,5-12,15,17-18H2,1-2H3,(H,33,37)/t22-,23+,24-,28-,29-,30-,31-/m0/s1. The van der Waals surface area contributed by atoms with Gasteiger partial charge in [0.15, 0.2) is 12.4 Å². The van der Waals surface area contributed by atoms with Crippen LogP contribution in [0.1, 0.15) is 77.2 Å². The SMILES string of the molecule is C[C@]12CCC(=O)C=C1CC[C@@H]1[C@H]2[C@@H](O)C[C@@]2(C)[C@@H]1CC[C@]2(O)C(=O)COC(=O)CCC(=O)NCc1cccnc1. The third-order valence-electron chi connectivity index (χ3n) is 10.6. The van der Waals surface area contributed by atoms with Gasteiger partial charge in [-0.25, -0.2) is 0 Å². The van der Waals surface area contributed by atoms with E-state index in [2.05, 4.69) is 17.2 Å². The maximum atomic E-state index is 13.4. The van der Waals surface area contributed by atoms with E-state index < -0.39 is 35.5 Å². The first kappa shape index (κ1) is 28.6. The first-order valence-electron chi connectivity index (χ1n) is 14.5. The second-order valence-electron chi connectivity index (χ2n) is 12.7. The summed E-state index contributed by atoms with van der Waals surface area (Å²) in [5.41, 5.74) is -0.819. The Hall–Kier alpha value is -2.91. The molecule has 216 valence electrons. The fourth-order valence-corrected chi connectivity index (χ4v) is 8.50. The molecule has 0 saturated heterocycles. The normalized spacial score (nSPS) is 36.5. The Morgan fingerprint density at radius 3 is 2.70 bits per heavy atom. The minimum atomic E-state index is -1.70. The van der Waals surface area contributed by atoms with Crippen molar-refractivity contribution in [1.29, 1.82) is 0 Å². The number of allylic oxidation sites excluding steroid dienone is 1. The largest absolute Gasteiger partial charge is 0.458 e. The van der Waals surface area contributed by atoms with Gasteiger partial charge < -0.3 is 20.3 Å². The number of carbonyl (C=O) groups excluding carboxylic acids is 4. The van der Waals surface area contributed by atoms with Gasteiger partial charge in [0, 0.05) is 37.2 Å². The number of aliphatic hydroxyl groups excluding tert-OH is 1. The van der Waals surface area contributed by atoms with Crippen LogP contribution in [0, 0.1) is 28.6 Å². The summed E-state index contributed by atoms with van der Waals surface area (Å²) in [6.07, 6.45) is 8.12. The summed E-state index contributed by atoms with van der Waals surface area (Å²) in [6, 6.07) is 3.60. The molecule has 3 fully saturated rings. The van der Waals surface area contributed by atoms with Crippen LogP contribution in [0.4, 0.5) is 0 Å². The van der Waals surface area contributed by atoms with Crippen LogP contribution in [-0.4, -0.2) is 57.0 Å². The molecular weight excluding hydrogens is 512 g/mol. The molecular formula is C31H40N2O7. The molecule has 0 aliphatic heterocycles. The summed E-state index contributed by atoms with van der Waals surface area (Å²) in [4.78, 5) is 53.9. The highest BCUT2D eigenvalue weighted by molar-refractivity contribution is 5.92. The van der Waals surface area contributed by atoms with Gasteiger partial charge in [0.05, 0.1) is 12.5 Å². The lowest BCUT2D eigenvalue weighted by atomic mass is 9.45. The van der Waals surface area contributed by atoms with Crippen LogP contribution in [0.15, 0.2) is 36.2 Å². The number of hydrogen-bond acceptors (Lipinski definition) is 8. The molecule has 40 heavy (non-hydrogen) atoms. The Labute approximate surface area is 234 Å². The smallest absolute Gasteiger partial charge is 0.306 e. The number of nitrogens with zero attached hydrogens (tertiary/aromatic N) is 1. The third kappa shape index (κ3) is 4.91. The Kier molecular flexibility index (Phi) is 7.74. The second kappa shape index (κ2) is 10.8. The zero-order valence-electron chi connectivity index (χ0n) is 23.4. The Balaban J connectivity index is 1.18. The number of esters is 1. The number of rotatable bonds is 8. The van der Waals surface area contributed by atoms with Crippen molar-refractivity contribution in [2.75, 3.05) is 6.61 Å². The molecule has 4 aliphatic rings. The monoisotopic (exact) mass is 552 g/mol. The number of pyridine rings is 1. The molecule has 5 rings (SSSR count). The van der Waals surface area contributed by atoms with Gasteiger partial charge in [-0.05, 0) is 79.4 Å². The molecule has 1 aromatic heterocycles. The number of aliphatic hydroxyl groups is 2. The highest BCUT2D eigenvalue weighted by Gasteiger charge is 2.68. The van der Waals surface area contributed by atoms with Gasteiger partial charge in [-0.1, -0.05) is 25.5 Å². The molecule has 7 atom stereocenters. The summed E-state index contributed by atoms with van der Waals surface area (Å²) in [7, 11) is 0. The van der Waals surface area contributed by atoms with Gasteiger partial charge in [-0.15, -0.1) is 0 Å². The number of fused-ring (bicyclic) bond motifs is 5. The van der Waals surface area contributed by atoms with E-state index in [4.69, 9.17) is 4.74 Å². The quantitative estimate of drug-likeness (QED) is 0.418. The molecule has 9 nitrogen and oxygen atoms in total.